The van der Waals surface area contributed by atoms with Crippen LogP contribution in [0.25, 0.3) is 10.8 Å². The standard InChI is InChI=1S/C35H42ClN7O3/c1-5-31(44)43-17-16-42(20-25(43)12-14-37)33-27-13-15-41(30-11-7-9-24-8-6-10-28(36)32(24)30)21-29(27)38-34(39-33)46-23-35(22-40(2)3)18-26(19-35)45-4/h5-11,25-26H,1,12-13,15-23H2,2-4H3. The molecule has 2 fully saturated rings. The third-order valence-electron chi connectivity index (χ3n) is 9.58. The first-order valence-electron chi connectivity index (χ1n) is 15.9. The number of carbonyl (C=O) groups is 1. The van der Waals surface area contributed by atoms with Crippen molar-refractivity contribution in [1.29, 1.82) is 5.26 Å². The van der Waals surface area contributed by atoms with Crippen molar-refractivity contribution in [1.82, 2.24) is 19.8 Å². The average Bonchev–Trinajstić information content (AvgIpc) is 3.04. The van der Waals surface area contributed by atoms with Gasteiger partial charge >= 0.3 is 6.01 Å². The van der Waals surface area contributed by atoms with E-state index in [9.17, 15) is 10.1 Å². The summed E-state index contributed by atoms with van der Waals surface area (Å²) >= 11 is 6.73. The van der Waals surface area contributed by atoms with E-state index >= 15 is 0 Å². The van der Waals surface area contributed by atoms with E-state index in [2.05, 4.69) is 65.7 Å². The average molecular weight is 644 g/mol. The Kier molecular flexibility index (Phi) is 9.37. The van der Waals surface area contributed by atoms with E-state index in [1.54, 1.807) is 12.0 Å². The molecule has 2 aromatic carbocycles. The predicted molar refractivity (Wildman–Crippen MR) is 180 cm³/mol. The Hall–Kier alpha value is -3.91. The molecule has 1 aliphatic carbocycles. The number of anilines is 2. The van der Waals surface area contributed by atoms with Crippen molar-refractivity contribution in [3.05, 3.63) is 65.3 Å². The molecule has 0 bridgehead atoms. The quantitative estimate of drug-likeness (QED) is 0.291. The minimum Gasteiger partial charge on any atom is -0.463 e. The van der Waals surface area contributed by atoms with Crippen LogP contribution in [0.1, 0.15) is 30.5 Å². The number of fused-ring (bicyclic) bond motifs is 2. The summed E-state index contributed by atoms with van der Waals surface area (Å²) < 4.78 is 12.1. The van der Waals surface area contributed by atoms with Gasteiger partial charge in [-0.2, -0.15) is 15.2 Å². The van der Waals surface area contributed by atoms with Crippen molar-refractivity contribution in [2.24, 2.45) is 5.41 Å². The minimum absolute atomic E-state index is 0.0378. The molecule has 1 amide bonds. The lowest BCUT2D eigenvalue weighted by molar-refractivity contribution is -0.128. The zero-order chi connectivity index (χ0) is 32.4. The minimum atomic E-state index is -0.263. The monoisotopic (exact) mass is 643 g/mol. The summed E-state index contributed by atoms with van der Waals surface area (Å²) in [6.07, 6.45) is 4.37. The summed E-state index contributed by atoms with van der Waals surface area (Å²) in [7, 11) is 5.93. The number of amides is 1. The Morgan fingerprint density at radius 1 is 1.17 bits per heavy atom. The van der Waals surface area contributed by atoms with Gasteiger partial charge in [0.05, 0.1) is 48.5 Å². The molecule has 0 spiro atoms. The molecule has 1 atom stereocenters. The van der Waals surface area contributed by atoms with Gasteiger partial charge < -0.3 is 29.1 Å². The Morgan fingerprint density at radius 2 is 1.96 bits per heavy atom. The SMILES string of the molecule is C=CC(=O)N1CCN(c2nc(OCC3(CN(C)C)CC(OC)C3)nc3c2CCN(c2cccc4cccc(Cl)c24)C3)CC1CC#N. The van der Waals surface area contributed by atoms with Gasteiger partial charge in [0, 0.05) is 61.9 Å². The molecule has 46 heavy (non-hydrogen) atoms. The lowest BCUT2D eigenvalue weighted by Crippen LogP contribution is -2.55. The fourth-order valence-electron chi connectivity index (χ4n) is 7.45. The lowest BCUT2D eigenvalue weighted by Gasteiger charge is -2.47. The number of hydrogen-bond donors (Lipinski definition) is 0. The van der Waals surface area contributed by atoms with Gasteiger partial charge in [-0.25, -0.2) is 0 Å². The maximum atomic E-state index is 12.6. The Bertz CT molecular complexity index is 1650. The highest BCUT2D eigenvalue weighted by molar-refractivity contribution is 6.36. The van der Waals surface area contributed by atoms with Gasteiger partial charge in [-0.3, -0.25) is 4.79 Å². The zero-order valence-electron chi connectivity index (χ0n) is 26.9. The van der Waals surface area contributed by atoms with Crippen LogP contribution in [-0.2, 0) is 22.5 Å². The van der Waals surface area contributed by atoms with Crippen molar-refractivity contribution in [2.75, 3.05) is 70.3 Å². The number of nitrogens with zero attached hydrogens (tertiary/aromatic N) is 7. The molecule has 3 aliphatic rings. The van der Waals surface area contributed by atoms with Crippen LogP contribution in [0.2, 0.25) is 5.02 Å². The summed E-state index contributed by atoms with van der Waals surface area (Å²) in [6.45, 7) is 7.96. The van der Waals surface area contributed by atoms with Gasteiger partial charge in [-0.1, -0.05) is 42.4 Å². The number of rotatable bonds is 10. The first-order chi connectivity index (χ1) is 22.2. The molecule has 0 N–H and O–H groups in total. The molecular weight excluding hydrogens is 602 g/mol. The second-order valence-corrected chi connectivity index (χ2v) is 13.4. The van der Waals surface area contributed by atoms with Crippen LogP contribution in [0.4, 0.5) is 11.5 Å². The maximum absolute atomic E-state index is 12.6. The fourth-order valence-corrected chi connectivity index (χ4v) is 7.73. The number of nitriles is 1. The smallest absolute Gasteiger partial charge is 0.318 e. The molecule has 11 heteroatoms. The third-order valence-corrected chi connectivity index (χ3v) is 9.89. The van der Waals surface area contributed by atoms with Crippen LogP contribution in [0.3, 0.4) is 0 Å². The topological polar surface area (TPSA) is 98.1 Å². The van der Waals surface area contributed by atoms with Crippen molar-refractivity contribution >= 4 is 39.8 Å². The summed E-state index contributed by atoms with van der Waals surface area (Å²) in [5, 5.41) is 12.4. The highest BCUT2D eigenvalue weighted by atomic mass is 35.5. The van der Waals surface area contributed by atoms with Gasteiger partial charge in [0.15, 0.2) is 0 Å². The number of hydrogen-bond acceptors (Lipinski definition) is 9. The summed E-state index contributed by atoms with van der Waals surface area (Å²) in [5.74, 6) is 0.674. The van der Waals surface area contributed by atoms with Crippen molar-refractivity contribution in [2.45, 2.75) is 44.4 Å². The third kappa shape index (κ3) is 6.37. The van der Waals surface area contributed by atoms with E-state index in [-0.39, 0.29) is 29.9 Å². The highest BCUT2D eigenvalue weighted by Gasteiger charge is 2.46. The number of carbonyl (C=O) groups excluding carboxylic acids is 1. The predicted octanol–water partition coefficient (Wildman–Crippen LogP) is 4.70. The lowest BCUT2D eigenvalue weighted by atomic mass is 9.67. The highest BCUT2D eigenvalue weighted by Crippen LogP contribution is 2.44. The van der Waals surface area contributed by atoms with E-state index in [0.717, 1.165) is 70.9 Å². The maximum Gasteiger partial charge on any atom is 0.318 e. The van der Waals surface area contributed by atoms with Crippen LogP contribution in [0, 0.1) is 16.7 Å². The molecule has 1 saturated carbocycles. The number of benzene rings is 2. The van der Waals surface area contributed by atoms with Crippen LogP contribution in [-0.4, -0.2) is 98.4 Å². The van der Waals surface area contributed by atoms with Gasteiger partial charge in [0.25, 0.3) is 0 Å². The van der Waals surface area contributed by atoms with Gasteiger partial charge in [-0.15, -0.1) is 0 Å². The molecular formula is C35H42ClN7O3. The largest absolute Gasteiger partial charge is 0.463 e. The van der Waals surface area contributed by atoms with Crippen molar-refractivity contribution in [3.63, 3.8) is 0 Å². The normalized spacial score (nSPS) is 22.7. The van der Waals surface area contributed by atoms with E-state index in [4.69, 9.17) is 31.0 Å². The number of halogens is 1. The molecule has 1 unspecified atom stereocenters. The first-order valence-corrected chi connectivity index (χ1v) is 16.3. The van der Waals surface area contributed by atoms with Crippen molar-refractivity contribution in [3.8, 4) is 12.1 Å². The van der Waals surface area contributed by atoms with Gasteiger partial charge in [0.2, 0.25) is 5.91 Å². The molecule has 10 nitrogen and oxygen atoms in total. The van der Waals surface area contributed by atoms with Crippen LogP contribution >= 0.6 is 11.6 Å². The molecule has 3 heterocycles. The summed E-state index contributed by atoms with van der Waals surface area (Å²) in [5.41, 5.74) is 3.04. The molecule has 1 saturated heterocycles. The van der Waals surface area contributed by atoms with Gasteiger partial charge in [0.1, 0.15) is 5.82 Å². The van der Waals surface area contributed by atoms with E-state index < -0.39 is 0 Å². The van der Waals surface area contributed by atoms with Crippen LogP contribution < -0.4 is 14.5 Å². The number of piperazine rings is 1. The van der Waals surface area contributed by atoms with E-state index in [0.29, 0.717) is 38.8 Å². The molecule has 1 aromatic heterocycles. The summed E-state index contributed by atoms with van der Waals surface area (Å²) in [4.78, 5) is 31.2. The fraction of sp³-hybridized carbons (Fsp3) is 0.486. The molecule has 242 valence electrons. The summed E-state index contributed by atoms with van der Waals surface area (Å²) in [6, 6.07) is 14.6. The molecule has 6 rings (SSSR count). The van der Waals surface area contributed by atoms with E-state index in [1.807, 2.05) is 12.1 Å². The zero-order valence-corrected chi connectivity index (χ0v) is 27.7. The molecule has 3 aromatic rings. The first kappa shape index (κ1) is 32.0. The number of aromatic nitrogens is 2. The van der Waals surface area contributed by atoms with E-state index in [1.165, 1.54) is 6.08 Å². The molecule has 2 aliphatic heterocycles. The second-order valence-electron chi connectivity index (χ2n) is 13.0. The number of methoxy groups -OCH3 is 1. The van der Waals surface area contributed by atoms with Crippen molar-refractivity contribution < 1.29 is 14.3 Å². The second kappa shape index (κ2) is 13.4. The van der Waals surface area contributed by atoms with Gasteiger partial charge in [-0.05, 0) is 57.0 Å². The van der Waals surface area contributed by atoms with Crippen LogP contribution in [0.15, 0.2) is 49.1 Å². The Morgan fingerprint density at radius 3 is 2.67 bits per heavy atom. The van der Waals surface area contributed by atoms with Crippen LogP contribution in [0.5, 0.6) is 6.01 Å². The Balaban J connectivity index is 1.34. The number of ether oxygens (including phenoxy) is 2. The Labute approximate surface area is 276 Å². The molecule has 0 radical (unpaired) electrons.